The molecule has 4 aliphatic carbocycles. The van der Waals surface area contributed by atoms with Gasteiger partial charge in [0.15, 0.2) is 0 Å². The summed E-state index contributed by atoms with van der Waals surface area (Å²) in [5.41, 5.74) is 1.49. The molecule has 3 unspecified atom stereocenters. The zero-order chi connectivity index (χ0) is 13.0. The van der Waals surface area contributed by atoms with Gasteiger partial charge in [-0.1, -0.05) is 13.8 Å². The highest BCUT2D eigenvalue weighted by molar-refractivity contribution is 5.14. The summed E-state index contributed by atoms with van der Waals surface area (Å²) in [6.07, 6.45) is 8.35. The molecule has 100 valence electrons. The SMILES string of the molecule is CC(C#N)CNC12CC3CC(C)(CC(C)(C3)C1)C2. The van der Waals surface area contributed by atoms with E-state index in [4.69, 9.17) is 5.26 Å². The van der Waals surface area contributed by atoms with E-state index in [1.807, 2.05) is 6.92 Å². The molecule has 0 amide bonds. The van der Waals surface area contributed by atoms with E-state index in [-0.39, 0.29) is 5.92 Å². The van der Waals surface area contributed by atoms with Crippen LogP contribution in [0, 0.1) is 34.0 Å². The van der Waals surface area contributed by atoms with Crippen LogP contribution in [0.2, 0.25) is 0 Å². The van der Waals surface area contributed by atoms with Crippen LogP contribution < -0.4 is 5.32 Å². The fourth-order valence-corrected chi connectivity index (χ4v) is 6.06. The lowest BCUT2D eigenvalue weighted by Crippen LogP contribution is -2.64. The number of hydrogen-bond donors (Lipinski definition) is 1. The third-order valence-corrected chi connectivity index (χ3v) is 5.63. The molecule has 1 N–H and O–H groups in total. The zero-order valence-electron chi connectivity index (χ0n) is 12.1. The predicted molar refractivity (Wildman–Crippen MR) is 72.9 cm³/mol. The van der Waals surface area contributed by atoms with Crippen LogP contribution in [-0.4, -0.2) is 12.1 Å². The number of nitrogens with zero attached hydrogens (tertiary/aromatic N) is 1. The van der Waals surface area contributed by atoms with Crippen molar-refractivity contribution in [2.24, 2.45) is 22.7 Å². The molecule has 4 saturated carbocycles. The van der Waals surface area contributed by atoms with Crippen LogP contribution in [0.1, 0.15) is 59.3 Å². The van der Waals surface area contributed by atoms with E-state index >= 15 is 0 Å². The number of hydrogen-bond acceptors (Lipinski definition) is 2. The van der Waals surface area contributed by atoms with E-state index in [1.165, 1.54) is 38.5 Å². The number of nitriles is 1. The normalized spacial score (nSPS) is 51.1. The monoisotopic (exact) mass is 246 g/mol. The van der Waals surface area contributed by atoms with Crippen LogP contribution in [0.4, 0.5) is 0 Å². The molecule has 0 spiro atoms. The summed E-state index contributed by atoms with van der Waals surface area (Å²) in [6.45, 7) is 7.89. The van der Waals surface area contributed by atoms with Crippen molar-refractivity contribution >= 4 is 0 Å². The Bertz CT molecular complexity index is 376. The Morgan fingerprint density at radius 3 is 2.28 bits per heavy atom. The van der Waals surface area contributed by atoms with Crippen molar-refractivity contribution < 1.29 is 0 Å². The second-order valence-corrected chi connectivity index (χ2v) is 8.32. The highest BCUT2D eigenvalue weighted by Crippen LogP contribution is 2.66. The third-order valence-electron chi connectivity index (χ3n) is 5.63. The standard InChI is InChI=1S/C16H26N2/c1-12(7-17)8-18-16-6-13-4-14(2,10-16)9-15(3,5-13)11-16/h12-13,18H,4-6,8-11H2,1-3H3. The van der Waals surface area contributed by atoms with E-state index in [0.29, 0.717) is 16.4 Å². The van der Waals surface area contributed by atoms with Gasteiger partial charge in [0.1, 0.15) is 0 Å². The largest absolute Gasteiger partial charge is 0.310 e. The Balaban J connectivity index is 1.79. The summed E-state index contributed by atoms with van der Waals surface area (Å²) in [7, 11) is 0. The average Bonchev–Trinajstić information content (AvgIpc) is 2.21. The van der Waals surface area contributed by atoms with Crippen molar-refractivity contribution in [1.29, 1.82) is 5.26 Å². The molecule has 0 aromatic rings. The molecule has 3 atom stereocenters. The molecule has 0 aromatic heterocycles. The molecule has 0 heterocycles. The van der Waals surface area contributed by atoms with Crippen molar-refractivity contribution in [2.75, 3.05) is 6.54 Å². The predicted octanol–water partition coefficient (Wildman–Crippen LogP) is 3.48. The van der Waals surface area contributed by atoms with E-state index in [2.05, 4.69) is 25.2 Å². The molecule has 2 heteroatoms. The molecule has 0 aromatic carbocycles. The quantitative estimate of drug-likeness (QED) is 0.827. The summed E-state index contributed by atoms with van der Waals surface area (Å²) in [6, 6.07) is 2.35. The molecular formula is C16H26N2. The minimum Gasteiger partial charge on any atom is -0.310 e. The van der Waals surface area contributed by atoms with Crippen LogP contribution in [0.5, 0.6) is 0 Å². The maximum atomic E-state index is 8.96. The first kappa shape index (κ1) is 12.5. The Hall–Kier alpha value is -0.550. The molecule has 4 bridgehead atoms. The van der Waals surface area contributed by atoms with Crippen molar-refractivity contribution in [3.8, 4) is 6.07 Å². The maximum Gasteiger partial charge on any atom is 0.0666 e. The fraction of sp³-hybridized carbons (Fsp3) is 0.938. The minimum atomic E-state index is 0.138. The first-order valence-electron chi connectivity index (χ1n) is 7.51. The van der Waals surface area contributed by atoms with Gasteiger partial charge in [-0.3, -0.25) is 0 Å². The molecule has 18 heavy (non-hydrogen) atoms. The van der Waals surface area contributed by atoms with Gasteiger partial charge in [0.25, 0.3) is 0 Å². The topological polar surface area (TPSA) is 35.8 Å². The van der Waals surface area contributed by atoms with Gasteiger partial charge in [-0.15, -0.1) is 0 Å². The molecule has 4 aliphatic rings. The van der Waals surface area contributed by atoms with Gasteiger partial charge in [0, 0.05) is 12.1 Å². The Morgan fingerprint density at radius 2 is 1.78 bits per heavy atom. The van der Waals surface area contributed by atoms with Crippen LogP contribution in [0.15, 0.2) is 0 Å². The Kier molecular flexibility index (Phi) is 2.59. The van der Waals surface area contributed by atoms with E-state index in [0.717, 1.165) is 12.5 Å². The maximum absolute atomic E-state index is 8.96. The van der Waals surface area contributed by atoms with Crippen LogP contribution in [0.3, 0.4) is 0 Å². The van der Waals surface area contributed by atoms with E-state index in [1.54, 1.807) is 0 Å². The average molecular weight is 246 g/mol. The van der Waals surface area contributed by atoms with E-state index < -0.39 is 0 Å². The molecular weight excluding hydrogens is 220 g/mol. The minimum absolute atomic E-state index is 0.138. The second-order valence-electron chi connectivity index (χ2n) is 8.32. The summed E-state index contributed by atoms with van der Waals surface area (Å²) in [4.78, 5) is 0. The smallest absolute Gasteiger partial charge is 0.0666 e. The van der Waals surface area contributed by atoms with Gasteiger partial charge in [0.2, 0.25) is 0 Å². The van der Waals surface area contributed by atoms with Gasteiger partial charge in [-0.05, 0) is 62.2 Å². The number of rotatable bonds is 3. The van der Waals surface area contributed by atoms with Gasteiger partial charge in [-0.25, -0.2) is 0 Å². The highest BCUT2D eigenvalue weighted by Gasteiger charge is 2.59. The van der Waals surface area contributed by atoms with Gasteiger partial charge in [-0.2, -0.15) is 5.26 Å². The molecule has 2 nitrogen and oxygen atoms in total. The Labute approximate surface area is 111 Å². The van der Waals surface area contributed by atoms with Crippen molar-refractivity contribution in [2.45, 2.75) is 64.8 Å². The first-order chi connectivity index (χ1) is 8.36. The highest BCUT2D eigenvalue weighted by atomic mass is 15.0. The molecule has 0 radical (unpaired) electrons. The lowest BCUT2D eigenvalue weighted by Gasteiger charge is -2.65. The molecule has 0 aliphatic heterocycles. The van der Waals surface area contributed by atoms with Crippen LogP contribution in [-0.2, 0) is 0 Å². The Morgan fingerprint density at radius 1 is 1.17 bits per heavy atom. The first-order valence-corrected chi connectivity index (χ1v) is 7.51. The number of nitrogens with one attached hydrogen (secondary N) is 1. The lowest BCUT2D eigenvalue weighted by atomic mass is 9.43. The molecule has 4 fully saturated rings. The van der Waals surface area contributed by atoms with Crippen molar-refractivity contribution in [3.63, 3.8) is 0 Å². The van der Waals surface area contributed by atoms with Crippen LogP contribution in [0.25, 0.3) is 0 Å². The van der Waals surface area contributed by atoms with Crippen LogP contribution >= 0.6 is 0 Å². The lowest BCUT2D eigenvalue weighted by molar-refractivity contribution is -0.118. The summed E-state index contributed by atoms with van der Waals surface area (Å²) < 4.78 is 0. The zero-order valence-corrected chi connectivity index (χ0v) is 12.1. The van der Waals surface area contributed by atoms with Crippen molar-refractivity contribution in [1.82, 2.24) is 5.32 Å². The summed E-state index contributed by atoms with van der Waals surface area (Å²) in [5, 5.41) is 12.8. The second kappa shape index (κ2) is 3.73. The third kappa shape index (κ3) is 1.97. The van der Waals surface area contributed by atoms with E-state index in [9.17, 15) is 0 Å². The molecule has 0 saturated heterocycles. The van der Waals surface area contributed by atoms with Gasteiger partial charge in [0.05, 0.1) is 12.0 Å². The van der Waals surface area contributed by atoms with Gasteiger partial charge < -0.3 is 5.32 Å². The summed E-state index contributed by atoms with van der Waals surface area (Å²) in [5.74, 6) is 1.07. The summed E-state index contributed by atoms with van der Waals surface area (Å²) >= 11 is 0. The van der Waals surface area contributed by atoms with Gasteiger partial charge >= 0.3 is 0 Å². The fourth-order valence-electron chi connectivity index (χ4n) is 6.06. The van der Waals surface area contributed by atoms with Crippen molar-refractivity contribution in [3.05, 3.63) is 0 Å². The molecule has 4 rings (SSSR count).